The summed E-state index contributed by atoms with van der Waals surface area (Å²) in [5.74, 6) is 0.837. The van der Waals surface area contributed by atoms with Crippen molar-refractivity contribution in [2.75, 3.05) is 20.6 Å². The maximum atomic E-state index is 3.23. The van der Waals surface area contributed by atoms with E-state index in [1.165, 1.54) is 12.8 Å². The molecule has 0 heterocycles. The molecule has 1 N–H and O–H groups in total. The van der Waals surface area contributed by atoms with Crippen molar-refractivity contribution in [2.24, 2.45) is 5.92 Å². The molecule has 0 aromatic carbocycles. The Labute approximate surface area is 64.6 Å². The summed E-state index contributed by atoms with van der Waals surface area (Å²) in [6.45, 7) is 5.62. The maximum Gasteiger partial charge on any atom is 0.0102 e. The Balaban J connectivity index is 2.91. The second kappa shape index (κ2) is 5.69. The zero-order chi connectivity index (χ0) is 7.98. The highest BCUT2D eigenvalue weighted by Crippen LogP contribution is 2.01. The first kappa shape index (κ1) is 9.92. The lowest BCUT2D eigenvalue weighted by atomic mass is 10.1. The lowest BCUT2D eigenvalue weighted by molar-refractivity contribution is 0.283. The van der Waals surface area contributed by atoms with E-state index in [1.807, 2.05) is 19.1 Å². The van der Waals surface area contributed by atoms with Crippen LogP contribution in [0.5, 0.6) is 0 Å². The Bertz CT molecular complexity index is 59.7. The first-order valence-electron chi connectivity index (χ1n) is 4.03. The van der Waals surface area contributed by atoms with E-state index in [-0.39, 0.29) is 0 Å². The number of nitrogens with one attached hydrogen (secondary N) is 1. The van der Waals surface area contributed by atoms with Gasteiger partial charge in [-0.15, -0.1) is 0 Å². The van der Waals surface area contributed by atoms with Crippen LogP contribution < -0.4 is 5.43 Å². The number of rotatable bonds is 5. The van der Waals surface area contributed by atoms with Gasteiger partial charge in [0, 0.05) is 20.6 Å². The van der Waals surface area contributed by atoms with Gasteiger partial charge in [0.1, 0.15) is 0 Å². The molecule has 0 saturated heterocycles. The molecule has 0 atom stereocenters. The van der Waals surface area contributed by atoms with Crippen LogP contribution in [-0.2, 0) is 0 Å². The number of nitrogens with zero attached hydrogens (tertiary/aromatic N) is 1. The van der Waals surface area contributed by atoms with Crippen LogP contribution in [0.4, 0.5) is 0 Å². The van der Waals surface area contributed by atoms with Crippen LogP contribution in [0.2, 0.25) is 0 Å². The third-order valence-electron chi connectivity index (χ3n) is 1.39. The third kappa shape index (κ3) is 7.92. The van der Waals surface area contributed by atoms with Crippen LogP contribution in [0.3, 0.4) is 0 Å². The predicted octanol–water partition coefficient (Wildman–Crippen LogP) is 1.49. The fourth-order valence-corrected chi connectivity index (χ4v) is 0.813. The Morgan fingerprint density at radius 2 is 1.90 bits per heavy atom. The number of hydrogen-bond donors (Lipinski definition) is 1. The molecule has 0 aliphatic carbocycles. The third-order valence-corrected chi connectivity index (χ3v) is 1.39. The largest absolute Gasteiger partial charge is 0.256 e. The van der Waals surface area contributed by atoms with Gasteiger partial charge in [0.25, 0.3) is 0 Å². The molecule has 0 fully saturated rings. The predicted molar refractivity (Wildman–Crippen MR) is 45.8 cm³/mol. The highest BCUT2D eigenvalue weighted by Gasteiger charge is 1.93. The maximum absolute atomic E-state index is 3.23. The van der Waals surface area contributed by atoms with Crippen molar-refractivity contribution in [3.05, 3.63) is 0 Å². The molecular weight excluding hydrogens is 124 g/mol. The van der Waals surface area contributed by atoms with Crippen LogP contribution in [0.1, 0.15) is 26.7 Å². The summed E-state index contributed by atoms with van der Waals surface area (Å²) in [6, 6.07) is 0. The van der Waals surface area contributed by atoms with Crippen molar-refractivity contribution < 1.29 is 0 Å². The monoisotopic (exact) mass is 144 g/mol. The molecule has 0 spiro atoms. The molecule has 0 aromatic rings. The minimum absolute atomic E-state index is 0.837. The van der Waals surface area contributed by atoms with E-state index in [0.717, 1.165) is 12.5 Å². The van der Waals surface area contributed by atoms with Crippen LogP contribution in [-0.4, -0.2) is 25.6 Å². The Kier molecular flexibility index (Phi) is 5.64. The van der Waals surface area contributed by atoms with E-state index in [1.54, 1.807) is 0 Å². The molecule has 0 aliphatic heterocycles. The molecule has 62 valence electrons. The van der Waals surface area contributed by atoms with Gasteiger partial charge >= 0.3 is 0 Å². The van der Waals surface area contributed by atoms with E-state index < -0.39 is 0 Å². The van der Waals surface area contributed by atoms with Crippen LogP contribution in [0, 0.1) is 5.92 Å². The first-order chi connectivity index (χ1) is 4.63. The van der Waals surface area contributed by atoms with E-state index in [0.29, 0.717) is 0 Å². The molecule has 0 bridgehead atoms. The summed E-state index contributed by atoms with van der Waals surface area (Å²) in [5.41, 5.74) is 3.23. The average molecular weight is 144 g/mol. The van der Waals surface area contributed by atoms with E-state index in [2.05, 4.69) is 19.3 Å². The van der Waals surface area contributed by atoms with Crippen LogP contribution in [0.15, 0.2) is 0 Å². The molecule has 0 aliphatic rings. The topological polar surface area (TPSA) is 15.3 Å². The SMILES string of the molecule is CC(C)CCCNN(C)C. The molecule has 2 heteroatoms. The standard InChI is InChI=1S/C8H20N2/c1-8(2)6-5-7-9-10(3)4/h8-9H,5-7H2,1-4H3. The van der Waals surface area contributed by atoms with Crippen molar-refractivity contribution in [1.29, 1.82) is 0 Å². The van der Waals surface area contributed by atoms with Gasteiger partial charge in [-0.2, -0.15) is 0 Å². The smallest absolute Gasteiger partial charge is 0.0102 e. The zero-order valence-corrected chi connectivity index (χ0v) is 7.65. The van der Waals surface area contributed by atoms with E-state index in [9.17, 15) is 0 Å². The highest BCUT2D eigenvalue weighted by molar-refractivity contribution is 4.47. The van der Waals surface area contributed by atoms with Gasteiger partial charge < -0.3 is 0 Å². The van der Waals surface area contributed by atoms with Crippen molar-refractivity contribution in [2.45, 2.75) is 26.7 Å². The highest BCUT2D eigenvalue weighted by atomic mass is 15.5. The quantitative estimate of drug-likeness (QED) is 0.464. The normalized spacial score (nSPS) is 11.4. The zero-order valence-electron chi connectivity index (χ0n) is 7.65. The molecule has 0 rings (SSSR count). The Morgan fingerprint density at radius 1 is 1.30 bits per heavy atom. The second-order valence-corrected chi connectivity index (χ2v) is 3.34. The molecule has 10 heavy (non-hydrogen) atoms. The summed E-state index contributed by atoms with van der Waals surface area (Å²) in [7, 11) is 4.05. The van der Waals surface area contributed by atoms with Crippen molar-refractivity contribution >= 4 is 0 Å². The molecule has 2 nitrogen and oxygen atoms in total. The first-order valence-corrected chi connectivity index (χ1v) is 4.03. The van der Waals surface area contributed by atoms with Crippen molar-refractivity contribution in [3.8, 4) is 0 Å². The molecule has 0 saturated carbocycles. The summed E-state index contributed by atoms with van der Waals surface area (Å²) >= 11 is 0. The van der Waals surface area contributed by atoms with Crippen LogP contribution in [0.25, 0.3) is 0 Å². The van der Waals surface area contributed by atoms with Gasteiger partial charge in [-0.1, -0.05) is 13.8 Å². The number of hydrogen-bond acceptors (Lipinski definition) is 2. The Morgan fingerprint density at radius 3 is 2.30 bits per heavy atom. The fraction of sp³-hybridized carbons (Fsp3) is 1.00. The van der Waals surface area contributed by atoms with Gasteiger partial charge in [-0.05, 0) is 18.8 Å². The molecular formula is C8H20N2. The van der Waals surface area contributed by atoms with E-state index >= 15 is 0 Å². The molecule has 0 aromatic heterocycles. The molecule has 0 unspecified atom stereocenters. The van der Waals surface area contributed by atoms with Crippen molar-refractivity contribution in [3.63, 3.8) is 0 Å². The summed E-state index contributed by atoms with van der Waals surface area (Å²) in [6.07, 6.45) is 2.59. The van der Waals surface area contributed by atoms with Gasteiger partial charge in [0.15, 0.2) is 0 Å². The second-order valence-electron chi connectivity index (χ2n) is 3.34. The van der Waals surface area contributed by atoms with E-state index in [4.69, 9.17) is 0 Å². The minimum atomic E-state index is 0.837. The summed E-state index contributed by atoms with van der Waals surface area (Å²) in [5, 5.41) is 2.00. The summed E-state index contributed by atoms with van der Waals surface area (Å²) in [4.78, 5) is 0. The number of hydrazine groups is 1. The average Bonchev–Trinajstić information content (AvgIpc) is 1.79. The summed E-state index contributed by atoms with van der Waals surface area (Å²) < 4.78 is 0. The lowest BCUT2D eigenvalue weighted by Crippen LogP contribution is -2.31. The van der Waals surface area contributed by atoms with Gasteiger partial charge in [-0.25, -0.2) is 0 Å². The Hall–Kier alpha value is -0.0800. The van der Waals surface area contributed by atoms with Crippen molar-refractivity contribution in [1.82, 2.24) is 10.4 Å². The molecule has 0 radical (unpaired) electrons. The van der Waals surface area contributed by atoms with Gasteiger partial charge in [-0.3, -0.25) is 10.4 Å². The minimum Gasteiger partial charge on any atom is -0.256 e. The van der Waals surface area contributed by atoms with Gasteiger partial charge in [0.2, 0.25) is 0 Å². The van der Waals surface area contributed by atoms with Gasteiger partial charge in [0.05, 0.1) is 0 Å². The lowest BCUT2D eigenvalue weighted by Gasteiger charge is -2.11. The fourth-order valence-electron chi connectivity index (χ4n) is 0.813. The van der Waals surface area contributed by atoms with Crippen LogP contribution >= 0.6 is 0 Å². The molecule has 0 amide bonds.